The van der Waals surface area contributed by atoms with Gasteiger partial charge in [-0.3, -0.25) is 13.9 Å². The number of carbonyl (C=O) groups is 2. The molecule has 1 N–H and O–H groups in total. The van der Waals surface area contributed by atoms with Crippen LogP contribution < -0.4 is 19.1 Å². The monoisotopic (exact) mass is 625 g/mol. The molecule has 2 amide bonds. The van der Waals surface area contributed by atoms with Crippen molar-refractivity contribution in [3.05, 3.63) is 89.7 Å². The molecule has 3 aromatic rings. The van der Waals surface area contributed by atoms with Gasteiger partial charge in [0.05, 0.1) is 26.2 Å². The number of nitrogens with zero attached hydrogens (tertiary/aromatic N) is 2. The van der Waals surface area contributed by atoms with Gasteiger partial charge in [0, 0.05) is 30.6 Å². The number of nitrogens with one attached hydrogen (secondary N) is 1. The number of benzene rings is 3. The second kappa shape index (κ2) is 15.1. The number of rotatable bonds is 13. The lowest BCUT2D eigenvalue weighted by Gasteiger charge is -2.35. The van der Waals surface area contributed by atoms with Gasteiger partial charge in [0.1, 0.15) is 18.4 Å². The molecule has 236 valence electrons. The molecule has 1 aliphatic rings. The van der Waals surface area contributed by atoms with Crippen LogP contribution in [0.15, 0.2) is 72.8 Å². The number of methoxy groups -OCH3 is 2. The summed E-state index contributed by atoms with van der Waals surface area (Å²) in [6.07, 6.45) is 5.94. The molecule has 0 heterocycles. The van der Waals surface area contributed by atoms with Gasteiger partial charge in [-0.2, -0.15) is 0 Å². The van der Waals surface area contributed by atoms with Crippen molar-refractivity contribution in [3.63, 3.8) is 0 Å². The van der Waals surface area contributed by atoms with E-state index in [2.05, 4.69) is 5.32 Å². The first-order valence-electron chi connectivity index (χ1n) is 14.7. The molecule has 1 fully saturated rings. The molecule has 0 bridgehead atoms. The lowest BCUT2D eigenvalue weighted by molar-refractivity contribution is -0.140. The standard InChI is InChI=1S/C33H40FN3O6S/c1-42-30-19-18-27(21-31(30)43-2)37(44(3,40)41)23-32(38)36(22-25-14-10-11-17-28(25)34)29(20-24-12-6-4-7-13-24)33(39)35-26-15-8-5-9-16-26/h4,6-7,10-14,17-19,21,26,29H,5,8-9,15-16,20,22-23H2,1-3H3,(H,35,39). The summed E-state index contributed by atoms with van der Waals surface area (Å²) in [6, 6.07) is 18.8. The number of halogens is 1. The van der Waals surface area contributed by atoms with Crippen molar-refractivity contribution in [3.8, 4) is 11.5 Å². The highest BCUT2D eigenvalue weighted by Gasteiger charge is 2.34. The van der Waals surface area contributed by atoms with Crippen molar-refractivity contribution in [2.45, 2.75) is 57.2 Å². The van der Waals surface area contributed by atoms with Crippen LogP contribution in [0.2, 0.25) is 0 Å². The number of hydrogen-bond donors (Lipinski definition) is 1. The zero-order chi connectivity index (χ0) is 31.7. The first-order chi connectivity index (χ1) is 21.1. The van der Waals surface area contributed by atoms with E-state index in [1.807, 2.05) is 30.3 Å². The summed E-state index contributed by atoms with van der Waals surface area (Å²) in [4.78, 5) is 29.5. The van der Waals surface area contributed by atoms with Gasteiger partial charge >= 0.3 is 0 Å². The summed E-state index contributed by atoms with van der Waals surface area (Å²) in [7, 11) is -1.10. The largest absolute Gasteiger partial charge is 0.493 e. The minimum atomic E-state index is -3.98. The second-order valence-corrected chi connectivity index (χ2v) is 12.9. The summed E-state index contributed by atoms with van der Waals surface area (Å²) in [5, 5.41) is 3.13. The zero-order valence-electron chi connectivity index (χ0n) is 25.4. The van der Waals surface area contributed by atoms with Crippen LogP contribution in [-0.4, -0.2) is 64.2 Å². The fourth-order valence-corrected chi connectivity index (χ4v) is 6.34. The molecule has 3 aromatic carbocycles. The van der Waals surface area contributed by atoms with Crippen LogP contribution in [-0.2, 0) is 32.6 Å². The molecule has 0 radical (unpaired) electrons. The Morgan fingerprint density at radius 1 is 0.932 bits per heavy atom. The van der Waals surface area contributed by atoms with Crippen molar-refractivity contribution < 1.29 is 31.9 Å². The molecule has 1 saturated carbocycles. The third-order valence-electron chi connectivity index (χ3n) is 7.86. The Labute approximate surface area is 259 Å². The lowest BCUT2D eigenvalue weighted by atomic mass is 9.94. The lowest BCUT2D eigenvalue weighted by Crippen LogP contribution is -2.55. The zero-order valence-corrected chi connectivity index (χ0v) is 26.2. The van der Waals surface area contributed by atoms with Gasteiger partial charge < -0.3 is 19.7 Å². The highest BCUT2D eigenvalue weighted by atomic mass is 32.2. The molecule has 0 spiro atoms. The quantitative estimate of drug-likeness (QED) is 0.295. The number of carbonyl (C=O) groups excluding carboxylic acids is 2. The minimum absolute atomic E-state index is 0.0285. The molecule has 0 saturated heterocycles. The van der Waals surface area contributed by atoms with Gasteiger partial charge in [-0.1, -0.05) is 67.8 Å². The molecule has 1 unspecified atom stereocenters. The summed E-state index contributed by atoms with van der Waals surface area (Å²) < 4.78 is 52.7. The van der Waals surface area contributed by atoms with Crippen molar-refractivity contribution >= 4 is 27.5 Å². The van der Waals surface area contributed by atoms with Gasteiger partial charge in [-0.05, 0) is 36.6 Å². The second-order valence-electron chi connectivity index (χ2n) is 11.0. The highest BCUT2D eigenvalue weighted by Crippen LogP contribution is 2.32. The minimum Gasteiger partial charge on any atom is -0.493 e. The Balaban J connectivity index is 1.74. The van der Waals surface area contributed by atoms with Crippen molar-refractivity contribution in [2.24, 2.45) is 0 Å². The van der Waals surface area contributed by atoms with E-state index in [9.17, 15) is 22.4 Å². The normalized spacial score (nSPS) is 14.4. The molecule has 0 aromatic heterocycles. The Kier molecular flexibility index (Phi) is 11.2. The predicted octanol–water partition coefficient (Wildman–Crippen LogP) is 4.70. The van der Waals surface area contributed by atoms with Gasteiger partial charge in [0.2, 0.25) is 21.8 Å². The maximum atomic E-state index is 15.0. The van der Waals surface area contributed by atoms with E-state index in [4.69, 9.17) is 9.47 Å². The summed E-state index contributed by atoms with van der Waals surface area (Å²) in [5.74, 6) is -0.880. The van der Waals surface area contributed by atoms with E-state index in [1.165, 1.54) is 37.3 Å². The first kappa shape index (κ1) is 32.8. The smallest absolute Gasteiger partial charge is 0.244 e. The topological polar surface area (TPSA) is 105 Å². The maximum absolute atomic E-state index is 15.0. The summed E-state index contributed by atoms with van der Waals surface area (Å²) >= 11 is 0. The molecular formula is C33H40FN3O6S. The third-order valence-corrected chi connectivity index (χ3v) is 9.00. The molecule has 9 nitrogen and oxygen atoms in total. The fraction of sp³-hybridized carbons (Fsp3) is 0.394. The number of amides is 2. The number of anilines is 1. The molecular weight excluding hydrogens is 585 g/mol. The van der Waals surface area contributed by atoms with Crippen LogP contribution in [0.5, 0.6) is 11.5 Å². The average Bonchev–Trinajstić information content (AvgIpc) is 3.02. The molecule has 0 aliphatic heterocycles. The Morgan fingerprint density at radius 2 is 1.59 bits per heavy atom. The van der Waals surface area contributed by atoms with Crippen molar-refractivity contribution in [1.29, 1.82) is 0 Å². The van der Waals surface area contributed by atoms with Crippen LogP contribution in [0, 0.1) is 5.82 Å². The van der Waals surface area contributed by atoms with Crippen molar-refractivity contribution in [1.82, 2.24) is 10.2 Å². The number of sulfonamides is 1. The first-order valence-corrected chi connectivity index (χ1v) is 16.5. The number of hydrogen-bond acceptors (Lipinski definition) is 6. The molecule has 11 heteroatoms. The van der Waals surface area contributed by atoms with E-state index in [0.29, 0.717) is 5.75 Å². The SMILES string of the molecule is COc1ccc(N(CC(=O)N(Cc2ccccc2F)C(Cc2ccccc2)C(=O)NC2CCCCC2)S(C)(=O)=O)cc1OC. The van der Waals surface area contributed by atoms with Gasteiger partial charge in [-0.15, -0.1) is 0 Å². The van der Waals surface area contributed by atoms with Crippen LogP contribution in [0.1, 0.15) is 43.2 Å². The number of ether oxygens (including phenoxy) is 2. The molecule has 44 heavy (non-hydrogen) atoms. The molecule has 1 aliphatic carbocycles. The van der Waals surface area contributed by atoms with E-state index in [1.54, 1.807) is 24.3 Å². The van der Waals surface area contributed by atoms with Gasteiger partial charge in [-0.25, -0.2) is 12.8 Å². The van der Waals surface area contributed by atoms with E-state index in [0.717, 1.165) is 48.2 Å². The fourth-order valence-electron chi connectivity index (χ4n) is 5.50. The predicted molar refractivity (Wildman–Crippen MR) is 168 cm³/mol. The van der Waals surface area contributed by atoms with E-state index >= 15 is 0 Å². The van der Waals surface area contributed by atoms with Crippen LogP contribution >= 0.6 is 0 Å². The maximum Gasteiger partial charge on any atom is 0.244 e. The summed E-state index contributed by atoms with van der Waals surface area (Å²) in [5.41, 5.74) is 1.19. The van der Waals surface area contributed by atoms with Crippen LogP contribution in [0.4, 0.5) is 10.1 Å². The van der Waals surface area contributed by atoms with E-state index in [-0.39, 0.29) is 41.9 Å². The third kappa shape index (κ3) is 8.49. The van der Waals surface area contributed by atoms with Crippen molar-refractivity contribution in [2.75, 3.05) is 31.3 Å². The Bertz CT molecular complexity index is 1530. The van der Waals surface area contributed by atoms with Crippen LogP contribution in [0.3, 0.4) is 0 Å². The highest BCUT2D eigenvalue weighted by molar-refractivity contribution is 7.92. The van der Waals surface area contributed by atoms with Gasteiger partial charge in [0.25, 0.3) is 0 Å². The summed E-state index contributed by atoms with van der Waals surface area (Å²) in [6.45, 7) is -0.852. The average molecular weight is 626 g/mol. The Hall–Kier alpha value is -4.12. The van der Waals surface area contributed by atoms with Gasteiger partial charge in [0.15, 0.2) is 11.5 Å². The van der Waals surface area contributed by atoms with E-state index < -0.39 is 34.3 Å². The van der Waals surface area contributed by atoms with Crippen LogP contribution in [0.25, 0.3) is 0 Å². The molecule has 1 atom stereocenters. The molecule has 4 rings (SSSR count). The Morgan fingerprint density at radius 3 is 2.23 bits per heavy atom.